The molecule has 1 aromatic rings. The van der Waals surface area contributed by atoms with Crippen LogP contribution < -0.4 is 10.6 Å². The van der Waals surface area contributed by atoms with Crippen LogP contribution in [0.5, 0.6) is 0 Å². The number of hydrogen-bond acceptors (Lipinski definition) is 4. The van der Waals surface area contributed by atoms with Gasteiger partial charge in [0.2, 0.25) is 15.9 Å². The fraction of sp³-hybridized carbons (Fsp3) is 0.611. The molecule has 138 valence electrons. The Kier molecular flexibility index (Phi) is 5.06. The third kappa shape index (κ3) is 3.40. The quantitative estimate of drug-likeness (QED) is 0.857. The van der Waals surface area contributed by atoms with Gasteiger partial charge in [-0.3, -0.25) is 4.79 Å². The molecule has 0 saturated carbocycles. The number of nitrogens with zero attached hydrogens (tertiary/aromatic N) is 1. The predicted molar refractivity (Wildman–Crippen MR) is 98.1 cm³/mol. The molecule has 2 atom stereocenters. The maximum Gasteiger partial charge on any atom is 0.243 e. The molecule has 0 aliphatic carbocycles. The Balaban J connectivity index is 1.84. The Hall–Kier alpha value is -1.60. The van der Waals surface area contributed by atoms with Gasteiger partial charge in [0.25, 0.3) is 0 Å². The van der Waals surface area contributed by atoms with Crippen LogP contribution >= 0.6 is 0 Å². The second-order valence-electron chi connectivity index (χ2n) is 7.14. The van der Waals surface area contributed by atoms with E-state index in [4.69, 9.17) is 0 Å². The summed E-state index contributed by atoms with van der Waals surface area (Å²) >= 11 is 0. The van der Waals surface area contributed by atoms with Gasteiger partial charge in [0.05, 0.1) is 4.90 Å². The molecule has 3 rings (SSSR count). The molecule has 1 aromatic carbocycles. The van der Waals surface area contributed by atoms with E-state index in [9.17, 15) is 13.2 Å². The van der Waals surface area contributed by atoms with Gasteiger partial charge in [-0.2, -0.15) is 4.31 Å². The Morgan fingerprint density at radius 1 is 1.28 bits per heavy atom. The normalized spacial score (nSPS) is 24.6. The summed E-state index contributed by atoms with van der Waals surface area (Å²) in [5.41, 5.74) is 1.73. The van der Waals surface area contributed by atoms with Crippen molar-refractivity contribution in [3.05, 3.63) is 23.8 Å². The Labute approximate surface area is 150 Å². The van der Waals surface area contributed by atoms with Gasteiger partial charge in [-0.15, -0.1) is 0 Å². The minimum absolute atomic E-state index is 0.0550. The molecule has 0 bridgehead atoms. The number of carbonyl (C=O) groups is 1. The van der Waals surface area contributed by atoms with Gasteiger partial charge < -0.3 is 10.6 Å². The summed E-state index contributed by atoms with van der Waals surface area (Å²) in [7, 11) is -3.47. The molecule has 1 fully saturated rings. The van der Waals surface area contributed by atoms with Gasteiger partial charge in [-0.05, 0) is 49.4 Å². The molecule has 6 nitrogen and oxygen atoms in total. The zero-order chi connectivity index (χ0) is 18.2. The lowest BCUT2D eigenvalue weighted by atomic mass is 9.97. The number of carbonyl (C=O) groups excluding carboxylic acids is 1. The van der Waals surface area contributed by atoms with Gasteiger partial charge in [0.15, 0.2) is 0 Å². The first-order valence-corrected chi connectivity index (χ1v) is 10.5. The summed E-state index contributed by atoms with van der Waals surface area (Å²) in [6.45, 7) is 7.74. The fourth-order valence-corrected chi connectivity index (χ4v) is 5.14. The molecule has 1 saturated heterocycles. The highest BCUT2D eigenvalue weighted by molar-refractivity contribution is 7.89. The average molecular weight is 365 g/mol. The highest BCUT2D eigenvalue weighted by Crippen LogP contribution is 2.38. The number of rotatable bonds is 4. The van der Waals surface area contributed by atoms with Crippen LogP contribution in [0.2, 0.25) is 0 Å². The minimum Gasteiger partial charge on any atom is -0.373 e. The first-order chi connectivity index (χ1) is 11.8. The van der Waals surface area contributed by atoms with Crippen LogP contribution in [-0.4, -0.2) is 44.3 Å². The van der Waals surface area contributed by atoms with E-state index in [0.29, 0.717) is 30.4 Å². The maximum atomic E-state index is 12.9. The van der Waals surface area contributed by atoms with Crippen molar-refractivity contribution in [2.45, 2.75) is 50.5 Å². The van der Waals surface area contributed by atoms with Crippen molar-refractivity contribution in [3.8, 4) is 0 Å². The number of amides is 1. The largest absolute Gasteiger partial charge is 0.373 e. The summed E-state index contributed by atoms with van der Waals surface area (Å²) in [4.78, 5) is 12.5. The molecule has 7 heteroatoms. The lowest BCUT2D eigenvalue weighted by molar-refractivity contribution is -0.121. The number of fused-ring (bicyclic) bond motifs is 1. The molecule has 0 radical (unpaired) electrons. The summed E-state index contributed by atoms with van der Waals surface area (Å²) in [6.07, 6.45) is 1.81. The molecule has 0 aromatic heterocycles. The molecule has 0 spiro atoms. The third-order valence-corrected chi connectivity index (χ3v) is 7.23. The van der Waals surface area contributed by atoms with E-state index in [1.54, 1.807) is 22.5 Å². The van der Waals surface area contributed by atoms with E-state index in [2.05, 4.69) is 17.6 Å². The number of hydrogen-bond donors (Lipinski definition) is 2. The summed E-state index contributed by atoms with van der Waals surface area (Å²) in [5, 5.41) is 6.04. The molecular weight excluding hydrogens is 338 g/mol. The minimum atomic E-state index is -3.47. The van der Waals surface area contributed by atoms with Crippen LogP contribution in [-0.2, 0) is 14.8 Å². The van der Waals surface area contributed by atoms with E-state index in [1.165, 1.54) is 0 Å². The molecule has 2 aliphatic rings. The van der Waals surface area contributed by atoms with Crippen LogP contribution in [0.15, 0.2) is 23.1 Å². The lowest BCUT2D eigenvalue weighted by Crippen LogP contribution is -2.39. The molecule has 2 unspecified atom stereocenters. The predicted octanol–water partition coefficient (Wildman–Crippen LogP) is 2.14. The second kappa shape index (κ2) is 6.96. The number of benzene rings is 1. The van der Waals surface area contributed by atoms with Crippen LogP contribution in [0.3, 0.4) is 0 Å². The summed E-state index contributed by atoms with van der Waals surface area (Å²) < 4.78 is 27.5. The number of piperidine rings is 1. The highest BCUT2D eigenvalue weighted by Gasteiger charge is 2.35. The molecular formula is C18H27N3O3S. The first-order valence-electron chi connectivity index (χ1n) is 9.03. The molecule has 2 N–H and O–H groups in total. The zero-order valence-corrected chi connectivity index (χ0v) is 15.9. The van der Waals surface area contributed by atoms with Gasteiger partial charge in [-0.1, -0.05) is 13.8 Å². The summed E-state index contributed by atoms with van der Waals surface area (Å²) in [6, 6.07) is 4.81. The van der Waals surface area contributed by atoms with Crippen molar-refractivity contribution in [3.63, 3.8) is 0 Å². The van der Waals surface area contributed by atoms with Crippen molar-refractivity contribution in [2.24, 2.45) is 5.92 Å². The van der Waals surface area contributed by atoms with Crippen molar-refractivity contribution < 1.29 is 13.2 Å². The first kappa shape index (κ1) is 18.2. The smallest absolute Gasteiger partial charge is 0.243 e. The van der Waals surface area contributed by atoms with E-state index in [1.807, 2.05) is 13.8 Å². The van der Waals surface area contributed by atoms with Crippen LogP contribution in [0, 0.1) is 5.92 Å². The van der Waals surface area contributed by atoms with E-state index in [-0.39, 0.29) is 17.9 Å². The molecule has 1 amide bonds. The van der Waals surface area contributed by atoms with Crippen molar-refractivity contribution >= 4 is 21.6 Å². The van der Waals surface area contributed by atoms with E-state index in [0.717, 1.165) is 24.1 Å². The third-order valence-electron chi connectivity index (χ3n) is 5.34. The maximum absolute atomic E-state index is 12.9. The average Bonchev–Trinajstić information content (AvgIpc) is 2.92. The standard InChI is InChI=1S/C18H27N3O3S/c1-4-19-18(22)17-13(3)15-11-14(5-6-16(15)20-17)25(23,24)21-9-7-12(2)8-10-21/h5-6,11-13,17,20H,4,7-10H2,1-3H3,(H,19,22). The number of anilines is 1. The van der Waals surface area contributed by atoms with Crippen molar-refractivity contribution in [2.75, 3.05) is 25.0 Å². The van der Waals surface area contributed by atoms with Crippen molar-refractivity contribution in [1.29, 1.82) is 0 Å². The van der Waals surface area contributed by atoms with Gasteiger partial charge in [0, 0.05) is 31.2 Å². The zero-order valence-electron chi connectivity index (χ0n) is 15.1. The summed E-state index contributed by atoms with van der Waals surface area (Å²) in [5.74, 6) is 0.451. The lowest BCUT2D eigenvalue weighted by Gasteiger charge is -2.29. The Morgan fingerprint density at radius 2 is 1.96 bits per heavy atom. The van der Waals surface area contributed by atoms with Crippen LogP contribution in [0.25, 0.3) is 0 Å². The Morgan fingerprint density at radius 3 is 2.60 bits per heavy atom. The fourth-order valence-electron chi connectivity index (χ4n) is 3.63. The van der Waals surface area contributed by atoms with Gasteiger partial charge >= 0.3 is 0 Å². The molecule has 2 aliphatic heterocycles. The number of nitrogens with one attached hydrogen (secondary N) is 2. The van der Waals surface area contributed by atoms with E-state index < -0.39 is 10.0 Å². The van der Waals surface area contributed by atoms with Crippen molar-refractivity contribution in [1.82, 2.24) is 9.62 Å². The second-order valence-corrected chi connectivity index (χ2v) is 9.08. The van der Waals surface area contributed by atoms with Crippen LogP contribution in [0.1, 0.15) is 45.1 Å². The molecule has 2 heterocycles. The highest BCUT2D eigenvalue weighted by atomic mass is 32.2. The van der Waals surface area contributed by atoms with E-state index >= 15 is 0 Å². The number of likely N-dealkylation sites (N-methyl/N-ethyl adjacent to an activating group) is 1. The monoisotopic (exact) mass is 365 g/mol. The SMILES string of the molecule is CCNC(=O)C1Nc2ccc(S(=O)(=O)N3CCC(C)CC3)cc2C1C. The van der Waals surface area contributed by atoms with Gasteiger partial charge in [0.1, 0.15) is 6.04 Å². The topological polar surface area (TPSA) is 78.5 Å². The molecule has 25 heavy (non-hydrogen) atoms. The van der Waals surface area contributed by atoms with Crippen LogP contribution in [0.4, 0.5) is 5.69 Å². The Bertz CT molecular complexity index is 755. The number of sulfonamides is 1. The van der Waals surface area contributed by atoms with Gasteiger partial charge in [-0.25, -0.2) is 8.42 Å².